The van der Waals surface area contributed by atoms with Crippen molar-refractivity contribution in [1.82, 2.24) is 29.4 Å². The molecule has 0 aromatic carbocycles. The van der Waals surface area contributed by atoms with Gasteiger partial charge in [-0.15, -0.1) is 0 Å². The maximum Gasteiger partial charge on any atom is 0.137 e. The predicted molar refractivity (Wildman–Crippen MR) is 66.7 cm³/mol. The Kier molecular flexibility index (Phi) is 3.10. The molecule has 2 aromatic rings. The van der Waals surface area contributed by atoms with Crippen molar-refractivity contribution in [3.8, 4) is 0 Å². The molecule has 1 atom stereocenters. The molecule has 3 rings (SSSR count). The lowest BCUT2D eigenvalue weighted by Crippen LogP contribution is -2.32. The number of hydrogen-bond donors (Lipinski definition) is 0. The van der Waals surface area contributed by atoms with Crippen molar-refractivity contribution in [2.45, 2.75) is 32.0 Å². The van der Waals surface area contributed by atoms with Crippen molar-refractivity contribution in [2.75, 3.05) is 6.54 Å². The summed E-state index contributed by atoms with van der Waals surface area (Å²) in [6, 6.07) is 0.562. The minimum Gasteiger partial charge on any atom is -0.294 e. The van der Waals surface area contributed by atoms with E-state index in [-0.39, 0.29) is 0 Å². The van der Waals surface area contributed by atoms with E-state index >= 15 is 0 Å². The van der Waals surface area contributed by atoms with Gasteiger partial charge in [0, 0.05) is 31.4 Å². The van der Waals surface area contributed by atoms with E-state index in [0.717, 1.165) is 19.6 Å². The maximum atomic E-state index is 4.22. The van der Waals surface area contributed by atoms with Crippen molar-refractivity contribution in [3.63, 3.8) is 0 Å². The largest absolute Gasteiger partial charge is 0.294 e. The predicted octanol–water partition coefficient (Wildman–Crippen LogP) is 0.676. The summed E-state index contributed by atoms with van der Waals surface area (Å²) in [6.07, 6.45) is 9.93. The number of hydrogen-bond acceptors (Lipinski definition) is 4. The summed E-state index contributed by atoms with van der Waals surface area (Å²) in [6.45, 7) is 3.07. The Morgan fingerprint density at radius 2 is 2.33 bits per heavy atom. The molecule has 2 aromatic heterocycles. The van der Waals surface area contributed by atoms with Crippen LogP contribution in [0.25, 0.3) is 0 Å². The molecular formula is C12H18N6. The van der Waals surface area contributed by atoms with Gasteiger partial charge in [0.25, 0.3) is 0 Å². The summed E-state index contributed by atoms with van der Waals surface area (Å²) < 4.78 is 3.78. The third kappa shape index (κ3) is 2.43. The van der Waals surface area contributed by atoms with E-state index in [1.807, 2.05) is 22.6 Å². The van der Waals surface area contributed by atoms with Crippen LogP contribution in [-0.4, -0.2) is 42.0 Å². The number of nitrogens with zero attached hydrogens (tertiary/aromatic N) is 6. The van der Waals surface area contributed by atoms with Gasteiger partial charge in [-0.3, -0.25) is 14.3 Å². The lowest BCUT2D eigenvalue weighted by atomic mass is 10.2. The van der Waals surface area contributed by atoms with Gasteiger partial charge in [0.15, 0.2) is 0 Å². The normalized spacial score (nSPS) is 20.6. The number of aryl methyl sites for hydroxylation is 1. The highest BCUT2D eigenvalue weighted by atomic mass is 15.3. The zero-order valence-electron chi connectivity index (χ0n) is 10.6. The molecule has 1 fully saturated rings. The standard InChI is InChI=1S/C12H18N6/c1-16-6-11(5-14-16)7-17-4-2-3-12(17)8-18-10-13-9-15-18/h5-6,9-10,12H,2-4,7-8H2,1H3/t12-/m1/s1. The first kappa shape index (κ1) is 11.4. The summed E-state index contributed by atoms with van der Waals surface area (Å²) in [5.41, 5.74) is 1.28. The topological polar surface area (TPSA) is 51.8 Å². The average Bonchev–Trinajstić information content (AvgIpc) is 3.05. The lowest BCUT2D eigenvalue weighted by Gasteiger charge is -2.23. The van der Waals surface area contributed by atoms with Crippen LogP contribution in [0.5, 0.6) is 0 Å². The van der Waals surface area contributed by atoms with E-state index in [1.54, 1.807) is 12.7 Å². The van der Waals surface area contributed by atoms with Crippen LogP contribution < -0.4 is 0 Å². The number of likely N-dealkylation sites (tertiary alicyclic amines) is 1. The molecule has 6 heteroatoms. The molecule has 3 heterocycles. The highest BCUT2D eigenvalue weighted by Gasteiger charge is 2.25. The minimum absolute atomic E-state index is 0.562. The van der Waals surface area contributed by atoms with Crippen LogP contribution in [0, 0.1) is 0 Å². The molecule has 0 saturated carbocycles. The highest BCUT2D eigenvalue weighted by molar-refractivity contribution is 5.04. The van der Waals surface area contributed by atoms with Crippen molar-refractivity contribution in [2.24, 2.45) is 7.05 Å². The van der Waals surface area contributed by atoms with Crippen LogP contribution in [0.2, 0.25) is 0 Å². The first-order valence-corrected chi connectivity index (χ1v) is 6.35. The van der Waals surface area contributed by atoms with Crippen molar-refractivity contribution in [3.05, 3.63) is 30.6 Å². The Balaban J connectivity index is 1.64. The van der Waals surface area contributed by atoms with Gasteiger partial charge < -0.3 is 0 Å². The lowest BCUT2D eigenvalue weighted by molar-refractivity contribution is 0.219. The maximum absolute atomic E-state index is 4.22. The Hall–Kier alpha value is -1.69. The van der Waals surface area contributed by atoms with Gasteiger partial charge in [-0.05, 0) is 19.4 Å². The molecule has 1 aliphatic rings. The monoisotopic (exact) mass is 246 g/mol. The third-order valence-corrected chi connectivity index (χ3v) is 3.51. The van der Waals surface area contributed by atoms with Gasteiger partial charge in [-0.2, -0.15) is 10.2 Å². The zero-order chi connectivity index (χ0) is 12.4. The van der Waals surface area contributed by atoms with E-state index < -0.39 is 0 Å². The molecule has 0 aliphatic carbocycles. The van der Waals surface area contributed by atoms with Crippen molar-refractivity contribution >= 4 is 0 Å². The molecule has 18 heavy (non-hydrogen) atoms. The van der Waals surface area contributed by atoms with Gasteiger partial charge in [-0.1, -0.05) is 0 Å². The highest BCUT2D eigenvalue weighted by Crippen LogP contribution is 2.20. The smallest absolute Gasteiger partial charge is 0.137 e. The molecule has 0 spiro atoms. The molecular weight excluding hydrogens is 228 g/mol. The molecule has 0 bridgehead atoms. The SMILES string of the molecule is Cn1cc(CN2CCC[C@@H]2Cn2cncn2)cn1. The second-order valence-corrected chi connectivity index (χ2v) is 4.91. The van der Waals surface area contributed by atoms with Gasteiger partial charge in [-0.25, -0.2) is 4.98 Å². The van der Waals surface area contributed by atoms with E-state index in [4.69, 9.17) is 0 Å². The van der Waals surface area contributed by atoms with Crippen molar-refractivity contribution in [1.29, 1.82) is 0 Å². The van der Waals surface area contributed by atoms with E-state index in [9.17, 15) is 0 Å². The quantitative estimate of drug-likeness (QED) is 0.796. The summed E-state index contributed by atoms with van der Waals surface area (Å²) in [7, 11) is 1.96. The first-order valence-electron chi connectivity index (χ1n) is 6.35. The number of aromatic nitrogens is 5. The van der Waals surface area contributed by atoms with Crippen LogP contribution in [0.4, 0.5) is 0 Å². The van der Waals surface area contributed by atoms with Crippen LogP contribution >= 0.6 is 0 Å². The zero-order valence-corrected chi connectivity index (χ0v) is 10.6. The Bertz CT molecular complexity index is 488. The molecule has 6 nitrogen and oxygen atoms in total. The molecule has 0 N–H and O–H groups in total. The number of rotatable bonds is 4. The van der Waals surface area contributed by atoms with Crippen LogP contribution in [0.15, 0.2) is 25.0 Å². The molecule has 0 amide bonds. The fraction of sp³-hybridized carbons (Fsp3) is 0.583. The Labute approximate surface area is 106 Å². The molecule has 0 radical (unpaired) electrons. The van der Waals surface area contributed by atoms with Gasteiger partial charge in [0.1, 0.15) is 12.7 Å². The van der Waals surface area contributed by atoms with Gasteiger partial charge in [0.2, 0.25) is 0 Å². The van der Waals surface area contributed by atoms with E-state index in [2.05, 4.69) is 26.3 Å². The van der Waals surface area contributed by atoms with E-state index in [1.165, 1.54) is 18.4 Å². The fourth-order valence-corrected chi connectivity index (χ4v) is 2.64. The average molecular weight is 246 g/mol. The summed E-state index contributed by atoms with van der Waals surface area (Å²) in [5.74, 6) is 0. The molecule has 1 saturated heterocycles. The van der Waals surface area contributed by atoms with Gasteiger partial charge >= 0.3 is 0 Å². The summed E-state index contributed by atoms with van der Waals surface area (Å²) in [4.78, 5) is 6.51. The first-order chi connectivity index (χ1) is 8.81. The van der Waals surface area contributed by atoms with Crippen LogP contribution in [-0.2, 0) is 20.1 Å². The van der Waals surface area contributed by atoms with Crippen molar-refractivity contribution < 1.29 is 0 Å². The van der Waals surface area contributed by atoms with E-state index in [0.29, 0.717) is 6.04 Å². The molecule has 96 valence electrons. The Morgan fingerprint density at radius 1 is 1.39 bits per heavy atom. The third-order valence-electron chi connectivity index (χ3n) is 3.51. The summed E-state index contributed by atoms with van der Waals surface area (Å²) in [5, 5.41) is 8.41. The second-order valence-electron chi connectivity index (χ2n) is 4.91. The minimum atomic E-state index is 0.562. The molecule has 0 unspecified atom stereocenters. The van der Waals surface area contributed by atoms with Gasteiger partial charge in [0.05, 0.1) is 12.7 Å². The molecule has 1 aliphatic heterocycles. The second kappa shape index (κ2) is 4.89. The fourth-order valence-electron chi connectivity index (χ4n) is 2.64. The Morgan fingerprint density at radius 3 is 3.06 bits per heavy atom. The van der Waals surface area contributed by atoms with Crippen LogP contribution in [0.1, 0.15) is 18.4 Å². The van der Waals surface area contributed by atoms with Crippen LogP contribution in [0.3, 0.4) is 0 Å². The summed E-state index contributed by atoms with van der Waals surface area (Å²) >= 11 is 0.